The highest BCUT2D eigenvalue weighted by molar-refractivity contribution is 9.10. The van der Waals surface area contributed by atoms with Gasteiger partial charge in [0.15, 0.2) is 0 Å². The molecule has 1 rings (SSSR count). The Balaban J connectivity index is 2.92. The predicted octanol–water partition coefficient (Wildman–Crippen LogP) is 3.02. The van der Waals surface area contributed by atoms with Gasteiger partial charge in [0, 0.05) is 18.0 Å². The topological polar surface area (TPSA) is 69.1 Å². The van der Waals surface area contributed by atoms with Crippen LogP contribution in [-0.4, -0.2) is 5.91 Å². The molecule has 0 bridgehead atoms. The number of carbonyl (C=O) groups is 1. The molecule has 1 atom stereocenters. The highest BCUT2D eigenvalue weighted by Gasteiger charge is 2.26. The molecular weight excluding hydrogens is 318 g/mol. The van der Waals surface area contributed by atoms with E-state index in [1.54, 1.807) is 0 Å². The predicted molar refractivity (Wildman–Crippen MR) is 73.2 cm³/mol. The maximum Gasteiger partial charge on any atom is 0.217 e. The van der Waals surface area contributed by atoms with Gasteiger partial charge >= 0.3 is 0 Å². The fourth-order valence-corrected chi connectivity index (χ4v) is 2.39. The number of rotatable bonds is 5. The second kappa shape index (κ2) is 5.96. The standard InChI is InChI=1S/C13H17BrF2N2O/c1-13(2,6-12(18)19)5-11(17)7-3-10(16)8(14)4-9(7)15/h3-4,11H,5-6,17H2,1-2H3,(H2,18,19). The molecule has 106 valence electrons. The van der Waals surface area contributed by atoms with Crippen molar-refractivity contribution in [2.24, 2.45) is 16.9 Å². The number of nitrogens with two attached hydrogens (primary N) is 2. The zero-order chi connectivity index (χ0) is 14.8. The zero-order valence-electron chi connectivity index (χ0n) is 10.8. The van der Waals surface area contributed by atoms with E-state index < -0.39 is 29.0 Å². The van der Waals surface area contributed by atoms with Crippen molar-refractivity contribution >= 4 is 21.8 Å². The van der Waals surface area contributed by atoms with E-state index in [0.29, 0.717) is 6.42 Å². The SMILES string of the molecule is CC(C)(CC(N)=O)CC(N)c1cc(F)c(Br)cc1F. The number of amides is 1. The summed E-state index contributed by atoms with van der Waals surface area (Å²) >= 11 is 2.91. The second-order valence-electron chi connectivity index (χ2n) is 5.41. The minimum absolute atomic E-state index is 0.0531. The van der Waals surface area contributed by atoms with Gasteiger partial charge < -0.3 is 11.5 Å². The van der Waals surface area contributed by atoms with E-state index in [4.69, 9.17) is 11.5 Å². The van der Waals surface area contributed by atoms with Gasteiger partial charge in [0.1, 0.15) is 11.6 Å². The van der Waals surface area contributed by atoms with Gasteiger partial charge in [0.25, 0.3) is 0 Å². The lowest BCUT2D eigenvalue weighted by atomic mass is 9.81. The van der Waals surface area contributed by atoms with Crippen LogP contribution in [-0.2, 0) is 4.79 Å². The second-order valence-corrected chi connectivity index (χ2v) is 6.26. The van der Waals surface area contributed by atoms with Crippen molar-refractivity contribution in [1.29, 1.82) is 0 Å². The van der Waals surface area contributed by atoms with Gasteiger partial charge in [0.2, 0.25) is 5.91 Å². The van der Waals surface area contributed by atoms with E-state index >= 15 is 0 Å². The number of carbonyl (C=O) groups excluding carboxylic acids is 1. The van der Waals surface area contributed by atoms with Crippen LogP contribution in [0.25, 0.3) is 0 Å². The third-order valence-corrected chi connectivity index (χ3v) is 3.47. The van der Waals surface area contributed by atoms with Crippen molar-refractivity contribution in [1.82, 2.24) is 0 Å². The number of benzene rings is 1. The maximum absolute atomic E-state index is 13.8. The molecule has 0 aliphatic rings. The first-order chi connectivity index (χ1) is 8.62. The van der Waals surface area contributed by atoms with E-state index in [1.807, 2.05) is 13.8 Å². The van der Waals surface area contributed by atoms with Crippen LogP contribution in [0.4, 0.5) is 8.78 Å². The Morgan fingerprint density at radius 2 is 1.95 bits per heavy atom. The van der Waals surface area contributed by atoms with Crippen LogP contribution in [0, 0.1) is 17.0 Å². The van der Waals surface area contributed by atoms with E-state index in [1.165, 1.54) is 0 Å². The molecule has 1 amide bonds. The summed E-state index contributed by atoms with van der Waals surface area (Å²) < 4.78 is 27.2. The molecule has 0 spiro atoms. The van der Waals surface area contributed by atoms with Crippen molar-refractivity contribution in [3.8, 4) is 0 Å². The van der Waals surface area contributed by atoms with Crippen molar-refractivity contribution in [3.63, 3.8) is 0 Å². The van der Waals surface area contributed by atoms with Gasteiger partial charge in [-0.1, -0.05) is 13.8 Å². The van der Waals surface area contributed by atoms with Crippen LogP contribution in [0.15, 0.2) is 16.6 Å². The molecule has 0 heterocycles. The molecular formula is C13H17BrF2N2O. The molecule has 0 saturated heterocycles. The quantitative estimate of drug-likeness (QED) is 0.812. The Kier molecular flexibility index (Phi) is 5.04. The Hall–Kier alpha value is -1.01. The molecule has 0 saturated carbocycles. The fourth-order valence-electron chi connectivity index (χ4n) is 2.07. The molecule has 3 nitrogen and oxygen atoms in total. The van der Waals surface area contributed by atoms with E-state index in [9.17, 15) is 13.6 Å². The van der Waals surface area contributed by atoms with Crippen LogP contribution in [0.2, 0.25) is 0 Å². The Labute approximate surface area is 119 Å². The summed E-state index contributed by atoms with van der Waals surface area (Å²) in [6, 6.07) is 1.42. The maximum atomic E-state index is 13.8. The summed E-state index contributed by atoms with van der Waals surface area (Å²) in [5.74, 6) is -1.59. The average molecular weight is 335 g/mol. The first-order valence-corrected chi connectivity index (χ1v) is 6.60. The van der Waals surface area contributed by atoms with Gasteiger partial charge in [0.05, 0.1) is 4.47 Å². The molecule has 1 aromatic rings. The highest BCUT2D eigenvalue weighted by atomic mass is 79.9. The Morgan fingerprint density at radius 1 is 1.37 bits per heavy atom. The summed E-state index contributed by atoms with van der Waals surface area (Å²) in [5, 5.41) is 0. The summed E-state index contributed by atoms with van der Waals surface area (Å²) in [5.41, 5.74) is 10.7. The van der Waals surface area contributed by atoms with Crippen LogP contribution >= 0.6 is 15.9 Å². The third-order valence-electron chi connectivity index (χ3n) is 2.86. The van der Waals surface area contributed by atoms with Crippen molar-refractivity contribution in [2.75, 3.05) is 0 Å². The molecule has 1 aromatic carbocycles. The van der Waals surface area contributed by atoms with Crippen LogP contribution < -0.4 is 11.5 Å². The van der Waals surface area contributed by atoms with Crippen molar-refractivity contribution in [3.05, 3.63) is 33.8 Å². The molecule has 4 N–H and O–H groups in total. The molecule has 0 aliphatic carbocycles. The molecule has 0 fully saturated rings. The lowest BCUT2D eigenvalue weighted by Gasteiger charge is -2.27. The number of halogens is 3. The summed E-state index contributed by atoms with van der Waals surface area (Å²) in [4.78, 5) is 10.9. The van der Waals surface area contributed by atoms with Crippen molar-refractivity contribution in [2.45, 2.75) is 32.7 Å². The molecule has 0 radical (unpaired) electrons. The zero-order valence-corrected chi connectivity index (χ0v) is 12.4. The average Bonchev–Trinajstić information content (AvgIpc) is 2.20. The Morgan fingerprint density at radius 3 is 2.47 bits per heavy atom. The van der Waals surface area contributed by atoms with Crippen molar-refractivity contribution < 1.29 is 13.6 Å². The van der Waals surface area contributed by atoms with E-state index in [2.05, 4.69) is 15.9 Å². The first kappa shape index (κ1) is 16.0. The number of primary amides is 1. The van der Waals surface area contributed by atoms with Gasteiger partial charge in [-0.2, -0.15) is 0 Å². The summed E-state index contributed by atoms with van der Waals surface area (Å²) in [6.07, 6.45) is 0.468. The summed E-state index contributed by atoms with van der Waals surface area (Å²) in [7, 11) is 0. The lowest BCUT2D eigenvalue weighted by molar-refractivity contribution is -0.120. The van der Waals surface area contributed by atoms with Gasteiger partial charge in [-0.05, 0) is 39.9 Å². The minimum atomic E-state index is -0.697. The monoisotopic (exact) mass is 334 g/mol. The van der Waals surface area contributed by atoms with Crippen LogP contribution in [0.3, 0.4) is 0 Å². The van der Waals surface area contributed by atoms with E-state index in [0.717, 1.165) is 12.1 Å². The van der Waals surface area contributed by atoms with E-state index in [-0.39, 0.29) is 16.5 Å². The smallest absolute Gasteiger partial charge is 0.217 e. The Bertz CT molecular complexity index is 492. The van der Waals surface area contributed by atoms with Gasteiger partial charge in [-0.25, -0.2) is 8.78 Å². The molecule has 1 unspecified atom stereocenters. The minimum Gasteiger partial charge on any atom is -0.370 e. The van der Waals surface area contributed by atoms with Gasteiger partial charge in [-0.15, -0.1) is 0 Å². The van der Waals surface area contributed by atoms with Crippen LogP contribution in [0.5, 0.6) is 0 Å². The fraction of sp³-hybridized carbons (Fsp3) is 0.462. The largest absolute Gasteiger partial charge is 0.370 e. The normalized spacial score (nSPS) is 13.4. The van der Waals surface area contributed by atoms with Crippen LogP contribution in [0.1, 0.15) is 38.3 Å². The lowest BCUT2D eigenvalue weighted by Crippen LogP contribution is -2.27. The first-order valence-electron chi connectivity index (χ1n) is 5.81. The number of hydrogen-bond donors (Lipinski definition) is 2. The molecule has 19 heavy (non-hydrogen) atoms. The molecule has 0 aromatic heterocycles. The highest BCUT2D eigenvalue weighted by Crippen LogP contribution is 2.33. The molecule has 6 heteroatoms. The number of hydrogen-bond acceptors (Lipinski definition) is 2. The third kappa shape index (κ3) is 4.54. The summed E-state index contributed by atoms with van der Waals surface area (Å²) in [6.45, 7) is 3.62. The molecule has 0 aliphatic heterocycles. The van der Waals surface area contributed by atoms with Gasteiger partial charge in [-0.3, -0.25) is 4.79 Å².